The zero-order valence-electron chi connectivity index (χ0n) is 12.0. The number of piperidine rings is 1. The summed E-state index contributed by atoms with van der Waals surface area (Å²) in [5.74, 6) is 0.881. The number of likely N-dealkylation sites (N-methyl/N-ethyl adjacent to an activating group) is 1. The van der Waals surface area contributed by atoms with E-state index >= 15 is 0 Å². The van der Waals surface area contributed by atoms with E-state index in [4.69, 9.17) is 0 Å². The summed E-state index contributed by atoms with van der Waals surface area (Å²) in [4.78, 5) is 2.55. The van der Waals surface area contributed by atoms with Gasteiger partial charge in [-0.2, -0.15) is 0 Å². The molecular formula is C17H26N2. The topological polar surface area (TPSA) is 15.3 Å². The van der Waals surface area contributed by atoms with E-state index in [-0.39, 0.29) is 0 Å². The predicted molar refractivity (Wildman–Crippen MR) is 83.2 cm³/mol. The molecule has 1 aliphatic heterocycles. The molecule has 0 bridgehead atoms. The Labute approximate surface area is 117 Å². The number of nitrogens with one attached hydrogen (secondary N) is 1. The molecule has 0 amide bonds. The maximum absolute atomic E-state index is 3.44. The highest BCUT2D eigenvalue weighted by atomic mass is 15.1. The van der Waals surface area contributed by atoms with Gasteiger partial charge in [-0.15, -0.1) is 0 Å². The minimum Gasteiger partial charge on any atom is -0.317 e. The van der Waals surface area contributed by atoms with Crippen LogP contribution < -0.4 is 5.32 Å². The van der Waals surface area contributed by atoms with Crippen molar-refractivity contribution < 1.29 is 0 Å². The standard InChI is InChI=1S/C17H26N2/c1-2-19(15-17-10-12-18-13-11-17)14-6-9-16-7-4-3-5-8-16/h3-9,17-18H,2,10-15H2,1H3. The second-order valence-electron chi connectivity index (χ2n) is 5.36. The zero-order chi connectivity index (χ0) is 13.3. The Balaban J connectivity index is 1.77. The van der Waals surface area contributed by atoms with E-state index in [1.807, 2.05) is 0 Å². The first-order valence-corrected chi connectivity index (χ1v) is 7.53. The fraction of sp³-hybridized carbons (Fsp3) is 0.529. The first-order chi connectivity index (χ1) is 9.38. The third-order valence-electron chi connectivity index (χ3n) is 3.90. The number of hydrogen-bond donors (Lipinski definition) is 1. The molecule has 2 heteroatoms. The molecule has 0 spiro atoms. The van der Waals surface area contributed by atoms with Crippen LogP contribution in [0.4, 0.5) is 0 Å². The lowest BCUT2D eigenvalue weighted by molar-refractivity contribution is 0.231. The molecule has 2 rings (SSSR count). The highest BCUT2D eigenvalue weighted by Gasteiger charge is 2.15. The average molecular weight is 258 g/mol. The second-order valence-corrected chi connectivity index (χ2v) is 5.36. The Morgan fingerprint density at radius 3 is 2.63 bits per heavy atom. The van der Waals surface area contributed by atoms with Crippen molar-refractivity contribution in [2.75, 3.05) is 32.7 Å². The van der Waals surface area contributed by atoms with Gasteiger partial charge in [0.1, 0.15) is 0 Å². The van der Waals surface area contributed by atoms with Gasteiger partial charge in [-0.3, -0.25) is 4.90 Å². The van der Waals surface area contributed by atoms with Gasteiger partial charge in [0, 0.05) is 13.1 Å². The molecule has 1 saturated heterocycles. The summed E-state index contributed by atoms with van der Waals surface area (Å²) >= 11 is 0. The van der Waals surface area contributed by atoms with Crippen molar-refractivity contribution in [3.8, 4) is 0 Å². The summed E-state index contributed by atoms with van der Waals surface area (Å²) in [6.07, 6.45) is 7.18. The molecule has 2 nitrogen and oxygen atoms in total. The first-order valence-electron chi connectivity index (χ1n) is 7.53. The third-order valence-corrected chi connectivity index (χ3v) is 3.90. The Morgan fingerprint density at radius 2 is 1.95 bits per heavy atom. The number of nitrogens with zero attached hydrogens (tertiary/aromatic N) is 1. The van der Waals surface area contributed by atoms with Gasteiger partial charge in [-0.05, 0) is 44.0 Å². The van der Waals surface area contributed by atoms with Gasteiger partial charge in [0.25, 0.3) is 0 Å². The van der Waals surface area contributed by atoms with Gasteiger partial charge in [0.2, 0.25) is 0 Å². The lowest BCUT2D eigenvalue weighted by Gasteiger charge is -2.28. The molecule has 1 aromatic carbocycles. The maximum atomic E-state index is 3.44. The molecule has 1 aromatic rings. The number of rotatable bonds is 6. The molecule has 1 N–H and O–H groups in total. The molecule has 0 radical (unpaired) electrons. The Kier molecular flexibility index (Phi) is 6.12. The van der Waals surface area contributed by atoms with Crippen molar-refractivity contribution in [1.82, 2.24) is 10.2 Å². The largest absolute Gasteiger partial charge is 0.317 e. The van der Waals surface area contributed by atoms with Crippen LogP contribution in [0.15, 0.2) is 36.4 Å². The minimum absolute atomic E-state index is 0.881. The third kappa shape index (κ3) is 5.17. The van der Waals surface area contributed by atoms with Crippen molar-refractivity contribution in [3.63, 3.8) is 0 Å². The van der Waals surface area contributed by atoms with E-state index < -0.39 is 0 Å². The second kappa shape index (κ2) is 8.13. The van der Waals surface area contributed by atoms with Crippen molar-refractivity contribution in [2.45, 2.75) is 19.8 Å². The van der Waals surface area contributed by atoms with Crippen molar-refractivity contribution in [3.05, 3.63) is 42.0 Å². The van der Waals surface area contributed by atoms with Crippen LogP contribution in [0.2, 0.25) is 0 Å². The first kappa shape index (κ1) is 14.3. The van der Waals surface area contributed by atoms with Gasteiger partial charge in [-0.25, -0.2) is 0 Å². The molecule has 0 unspecified atom stereocenters. The smallest absolute Gasteiger partial charge is 0.0166 e. The van der Waals surface area contributed by atoms with E-state index in [1.165, 1.54) is 38.0 Å². The van der Waals surface area contributed by atoms with Gasteiger partial charge in [-0.1, -0.05) is 49.4 Å². The molecule has 0 aromatic heterocycles. The normalized spacial score (nSPS) is 17.4. The van der Waals surface area contributed by atoms with Crippen molar-refractivity contribution in [1.29, 1.82) is 0 Å². The van der Waals surface area contributed by atoms with Crippen LogP contribution in [0, 0.1) is 5.92 Å². The fourth-order valence-corrected chi connectivity index (χ4v) is 2.66. The maximum Gasteiger partial charge on any atom is 0.0166 e. The minimum atomic E-state index is 0.881. The van der Waals surface area contributed by atoms with Gasteiger partial charge in [0.15, 0.2) is 0 Å². The average Bonchev–Trinajstić information content (AvgIpc) is 2.48. The Morgan fingerprint density at radius 1 is 1.21 bits per heavy atom. The Hall–Kier alpha value is -1.12. The number of benzene rings is 1. The highest BCUT2D eigenvalue weighted by Crippen LogP contribution is 2.13. The van der Waals surface area contributed by atoms with E-state index in [0.717, 1.165) is 19.0 Å². The molecule has 104 valence electrons. The van der Waals surface area contributed by atoms with Crippen LogP contribution in [0.3, 0.4) is 0 Å². The SMILES string of the molecule is CCN(CC=Cc1ccccc1)CC1CCNCC1. The van der Waals surface area contributed by atoms with E-state index in [0.29, 0.717) is 0 Å². The molecule has 0 atom stereocenters. The quantitative estimate of drug-likeness (QED) is 0.844. The van der Waals surface area contributed by atoms with Gasteiger partial charge in [0.05, 0.1) is 0 Å². The van der Waals surface area contributed by atoms with Crippen LogP contribution in [0.25, 0.3) is 6.08 Å². The summed E-state index contributed by atoms with van der Waals surface area (Å²) in [6.45, 7) is 8.11. The summed E-state index contributed by atoms with van der Waals surface area (Å²) in [6, 6.07) is 10.5. The van der Waals surface area contributed by atoms with Crippen molar-refractivity contribution in [2.24, 2.45) is 5.92 Å². The monoisotopic (exact) mass is 258 g/mol. The zero-order valence-corrected chi connectivity index (χ0v) is 12.0. The molecule has 0 saturated carbocycles. The fourth-order valence-electron chi connectivity index (χ4n) is 2.66. The highest BCUT2D eigenvalue weighted by molar-refractivity contribution is 5.48. The molecule has 1 fully saturated rings. The van der Waals surface area contributed by atoms with E-state index in [1.54, 1.807) is 0 Å². The lowest BCUT2D eigenvalue weighted by atomic mass is 9.97. The molecule has 0 aliphatic carbocycles. The van der Waals surface area contributed by atoms with E-state index in [9.17, 15) is 0 Å². The summed E-state index contributed by atoms with van der Waals surface area (Å²) in [5.41, 5.74) is 1.29. The molecule has 1 heterocycles. The molecule has 1 aliphatic rings. The number of hydrogen-bond acceptors (Lipinski definition) is 2. The van der Waals surface area contributed by atoms with Crippen LogP contribution >= 0.6 is 0 Å². The predicted octanol–water partition coefficient (Wildman–Crippen LogP) is 3.02. The van der Waals surface area contributed by atoms with Crippen LogP contribution in [0.1, 0.15) is 25.3 Å². The van der Waals surface area contributed by atoms with Crippen LogP contribution in [0.5, 0.6) is 0 Å². The van der Waals surface area contributed by atoms with Crippen molar-refractivity contribution >= 4 is 6.08 Å². The van der Waals surface area contributed by atoms with Crippen LogP contribution in [-0.4, -0.2) is 37.6 Å². The lowest BCUT2D eigenvalue weighted by Crippen LogP contribution is -2.36. The molecular weight excluding hydrogens is 232 g/mol. The van der Waals surface area contributed by atoms with Crippen LogP contribution in [-0.2, 0) is 0 Å². The van der Waals surface area contributed by atoms with Gasteiger partial charge >= 0.3 is 0 Å². The summed E-state index contributed by atoms with van der Waals surface area (Å²) in [5, 5.41) is 3.44. The van der Waals surface area contributed by atoms with Gasteiger partial charge < -0.3 is 5.32 Å². The van der Waals surface area contributed by atoms with E-state index in [2.05, 4.69) is 59.6 Å². The molecule has 19 heavy (non-hydrogen) atoms. The summed E-state index contributed by atoms with van der Waals surface area (Å²) < 4.78 is 0. The Bertz CT molecular complexity index is 366. The summed E-state index contributed by atoms with van der Waals surface area (Å²) in [7, 11) is 0.